The average molecular weight is 104 g/mol. The Balaban J connectivity index is 2.82. The van der Waals surface area contributed by atoms with Crippen molar-refractivity contribution in [2.45, 2.75) is 0 Å². The molecule has 41 valence electrons. The number of carbonyl (C=O) groups excluding carboxylic acids is 1. The van der Waals surface area contributed by atoms with Gasteiger partial charge in [0.25, 0.3) is 6.79 Å². The van der Waals surface area contributed by atoms with E-state index in [4.69, 9.17) is 0 Å². The smallest absolute Gasteiger partial charge is 0.407 e. The van der Waals surface area contributed by atoms with E-state index in [2.05, 4.69) is 15.2 Å². The number of ether oxygens (including phenoxy) is 2. The first-order valence-corrected chi connectivity index (χ1v) is 1.58. The summed E-state index contributed by atoms with van der Waals surface area (Å²) in [5, 5.41) is 0. The summed E-state index contributed by atoms with van der Waals surface area (Å²) in [5.74, 6) is 0. The van der Waals surface area contributed by atoms with Crippen molar-refractivity contribution in [1.29, 1.82) is 0 Å². The predicted octanol–water partition coefficient (Wildman–Crippen LogP) is -0.153. The first kappa shape index (κ1) is 6.23. The number of primary amides is 1. The molecule has 1 radical (unpaired) electrons. The molecule has 0 saturated heterocycles. The number of carbonyl (C=O) groups is 1. The van der Waals surface area contributed by atoms with E-state index in [1.54, 1.807) is 0 Å². The van der Waals surface area contributed by atoms with E-state index in [0.29, 0.717) is 0 Å². The van der Waals surface area contributed by atoms with Crippen molar-refractivity contribution in [3.8, 4) is 0 Å². The molecule has 7 heavy (non-hydrogen) atoms. The van der Waals surface area contributed by atoms with Crippen LogP contribution in [0.25, 0.3) is 0 Å². The van der Waals surface area contributed by atoms with E-state index in [0.717, 1.165) is 6.79 Å². The molecule has 0 heterocycles. The van der Waals surface area contributed by atoms with Gasteiger partial charge in [-0.2, -0.15) is 0 Å². The number of methoxy groups -OCH3 is 1. The Bertz CT molecular complexity index is 63.2. The zero-order valence-electron chi connectivity index (χ0n) is 3.88. The molecule has 2 N–H and O–H groups in total. The van der Waals surface area contributed by atoms with Crippen LogP contribution in [0.1, 0.15) is 0 Å². The summed E-state index contributed by atoms with van der Waals surface area (Å²) < 4.78 is 8.19. The van der Waals surface area contributed by atoms with Gasteiger partial charge >= 0.3 is 6.09 Å². The van der Waals surface area contributed by atoms with Crippen LogP contribution in [0.15, 0.2) is 0 Å². The van der Waals surface area contributed by atoms with Crippen molar-refractivity contribution >= 4 is 6.09 Å². The van der Waals surface area contributed by atoms with Gasteiger partial charge in [0.2, 0.25) is 0 Å². The second-order valence-electron chi connectivity index (χ2n) is 0.769. The lowest BCUT2D eigenvalue weighted by Gasteiger charge is -1.92. The van der Waals surface area contributed by atoms with Gasteiger partial charge in [-0.1, -0.05) is 0 Å². The summed E-state index contributed by atoms with van der Waals surface area (Å²) in [7, 11) is 1.35. The highest BCUT2D eigenvalue weighted by Crippen LogP contribution is 1.77. The number of hydrogen-bond donors (Lipinski definition) is 1. The predicted molar refractivity (Wildman–Crippen MR) is 22.0 cm³/mol. The quantitative estimate of drug-likeness (QED) is 0.529. The molecule has 0 aromatic heterocycles. The summed E-state index contributed by atoms with van der Waals surface area (Å²) in [5.41, 5.74) is 4.51. The molecule has 0 aromatic carbocycles. The largest absolute Gasteiger partial charge is 0.413 e. The lowest BCUT2D eigenvalue weighted by Crippen LogP contribution is -2.11. The fourth-order valence-electron chi connectivity index (χ4n) is 0.0955. The molecule has 4 heteroatoms. The van der Waals surface area contributed by atoms with Crippen LogP contribution in [0.2, 0.25) is 0 Å². The first-order valence-electron chi connectivity index (χ1n) is 1.58. The van der Waals surface area contributed by atoms with Crippen LogP contribution in [-0.4, -0.2) is 13.2 Å². The van der Waals surface area contributed by atoms with Crippen LogP contribution in [0.5, 0.6) is 0 Å². The Morgan fingerprint density at radius 1 is 1.86 bits per heavy atom. The number of nitrogens with two attached hydrogens (primary N) is 1. The minimum absolute atomic E-state index is 0.850. The Hall–Kier alpha value is -0.770. The summed E-state index contributed by atoms with van der Waals surface area (Å²) in [6, 6.07) is 0. The minimum atomic E-state index is -0.873. The van der Waals surface area contributed by atoms with Crippen molar-refractivity contribution in [2.24, 2.45) is 5.73 Å². The molecular formula is C3H6NO3. The molecule has 0 bridgehead atoms. The van der Waals surface area contributed by atoms with Crippen molar-refractivity contribution < 1.29 is 14.3 Å². The molecule has 0 spiro atoms. The lowest BCUT2D eigenvalue weighted by atomic mass is 11.2. The average Bonchev–Trinajstić information content (AvgIpc) is 1.61. The molecule has 0 rings (SSSR count). The Kier molecular flexibility index (Phi) is 3.04. The summed E-state index contributed by atoms with van der Waals surface area (Å²) in [4.78, 5) is 9.65. The van der Waals surface area contributed by atoms with Crippen molar-refractivity contribution in [1.82, 2.24) is 0 Å². The highest BCUT2D eigenvalue weighted by Gasteiger charge is 1.88. The highest BCUT2D eigenvalue weighted by atomic mass is 16.7. The normalized spacial score (nSPS) is 8.14. The number of hydrogen-bond acceptors (Lipinski definition) is 3. The van der Waals surface area contributed by atoms with E-state index in [1.165, 1.54) is 7.11 Å². The van der Waals surface area contributed by atoms with Gasteiger partial charge in [-0.05, 0) is 0 Å². The number of amides is 1. The van der Waals surface area contributed by atoms with Gasteiger partial charge in [-0.15, -0.1) is 0 Å². The molecule has 0 aliphatic rings. The molecule has 0 aromatic rings. The molecule has 0 aliphatic heterocycles. The summed E-state index contributed by atoms with van der Waals surface area (Å²) in [6.07, 6.45) is -0.873. The molecule has 0 fully saturated rings. The van der Waals surface area contributed by atoms with Gasteiger partial charge in [-0.25, -0.2) is 4.79 Å². The van der Waals surface area contributed by atoms with Crippen LogP contribution in [0.4, 0.5) is 4.79 Å². The van der Waals surface area contributed by atoms with E-state index in [9.17, 15) is 4.79 Å². The maximum absolute atomic E-state index is 9.65. The summed E-state index contributed by atoms with van der Waals surface area (Å²) >= 11 is 0. The Labute approximate surface area is 41.2 Å². The minimum Gasteiger partial charge on any atom is -0.413 e. The lowest BCUT2D eigenvalue weighted by molar-refractivity contribution is 0.0872. The van der Waals surface area contributed by atoms with Crippen LogP contribution in [-0.2, 0) is 9.47 Å². The van der Waals surface area contributed by atoms with E-state index in [1.807, 2.05) is 0 Å². The van der Waals surface area contributed by atoms with Gasteiger partial charge in [0, 0.05) is 7.11 Å². The molecule has 0 saturated carbocycles. The van der Waals surface area contributed by atoms with Crippen molar-refractivity contribution in [2.75, 3.05) is 7.11 Å². The molecule has 0 aliphatic carbocycles. The zero-order chi connectivity index (χ0) is 5.70. The molecule has 1 amide bonds. The van der Waals surface area contributed by atoms with Gasteiger partial charge in [0.1, 0.15) is 0 Å². The van der Waals surface area contributed by atoms with Gasteiger partial charge in [0.15, 0.2) is 0 Å². The van der Waals surface area contributed by atoms with Crippen LogP contribution in [0.3, 0.4) is 0 Å². The second kappa shape index (κ2) is 3.42. The molecule has 0 unspecified atom stereocenters. The van der Waals surface area contributed by atoms with Crippen molar-refractivity contribution in [3.05, 3.63) is 6.79 Å². The van der Waals surface area contributed by atoms with E-state index in [-0.39, 0.29) is 0 Å². The topological polar surface area (TPSA) is 61.6 Å². The fourth-order valence-corrected chi connectivity index (χ4v) is 0.0955. The number of rotatable bonds is 2. The molecule has 0 atom stereocenters. The summed E-state index contributed by atoms with van der Waals surface area (Å²) in [6.45, 7) is 0.850. The SMILES string of the molecule is CO[CH]OC(N)=O. The third kappa shape index (κ3) is 5.23. The zero-order valence-corrected chi connectivity index (χ0v) is 3.88. The third-order valence-corrected chi connectivity index (χ3v) is 0.260. The second-order valence-corrected chi connectivity index (χ2v) is 0.769. The van der Waals surface area contributed by atoms with Gasteiger partial charge < -0.3 is 15.2 Å². The third-order valence-electron chi connectivity index (χ3n) is 0.260. The van der Waals surface area contributed by atoms with Crippen molar-refractivity contribution in [3.63, 3.8) is 0 Å². The standard InChI is InChI=1S/C3H6NO3/c1-6-2-7-3(4)5/h2H,1H3,(H2,4,5). The van der Waals surface area contributed by atoms with Crippen LogP contribution in [0, 0.1) is 6.79 Å². The first-order chi connectivity index (χ1) is 3.27. The monoisotopic (exact) mass is 104 g/mol. The van der Waals surface area contributed by atoms with Crippen LogP contribution >= 0.6 is 0 Å². The molecular weight excluding hydrogens is 98.0 g/mol. The van der Waals surface area contributed by atoms with Gasteiger partial charge in [-0.3, -0.25) is 0 Å². The van der Waals surface area contributed by atoms with E-state index >= 15 is 0 Å². The molecule has 4 nitrogen and oxygen atoms in total. The highest BCUT2D eigenvalue weighted by molar-refractivity contribution is 5.64. The van der Waals surface area contributed by atoms with Gasteiger partial charge in [0.05, 0.1) is 0 Å². The maximum Gasteiger partial charge on any atom is 0.407 e. The Morgan fingerprint density at radius 2 is 2.43 bits per heavy atom. The van der Waals surface area contributed by atoms with Crippen LogP contribution < -0.4 is 5.73 Å². The maximum atomic E-state index is 9.65. The van der Waals surface area contributed by atoms with E-state index < -0.39 is 6.09 Å². The Morgan fingerprint density at radius 3 is 2.57 bits per heavy atom. The fraction of sp³-hybridized carbons (Fsp3) is 0.333.